The third-order valence-electron chi connectivity index (χ3n) is 13.4. The summed E-state index contributed by atoms with van der Waals surface area (Å²) in [6.45, 7) is 14.5. The van der Waals surface area contributed by atoms with E-state index in [1.165, 1.54) is 42.4 Å². The van der Waals surface area contributed by atoms with Crippen LogP contribution in [0.1, 0.15) is 52.7 Å². The van der Waals surface area contributed by atoms with Crippen molar-refractivity contribution < 1.29 is 4.42 Å². The molecule has 10 rings (SSSR count). The normalized spacial score (nSPS) is 15.7. The van der Waals surface area contributed by atoms with Crippen molar-refractivity contribution in [3.8, 4) is 22.3 Å². The van der Waals surface area contributed by atoms with Crippen molar-refractivity contribution in [1.29, 1.82) is 0 Å². The van der Waals surface area contributed by atoms with E-state index in [-0.39, 0.29) is 16.2 Å². The van der Waals surface area contributed by atoms with Crippen LogP contribution in [0.5, 0.6) is 0 Å². The van der Waals surface area contributed by atoms with Crippen LogP contribution in [0.4, 0.5) is 17.1 Å². The van der Waals surface area contributed by atoms with Gasteiger partial charge in [0.25, 0.3) is 0 Å². The van der Waals surface area contributed by atoms with Gasteiger partial charge >= 0.3 is 0 Å². The molecule has 0 unspecified atom stereocenters. The zero-order valence-corrected chi connectivity index (χ0v) is 32.5. The number of nitrogens with zero attached hydrogens (tertiary/aromatic N) is 1. The zero-order chi connectivity index (χ0) is 37.0. The molecule has 0 radical (unpaired) electrons. The Kier molecular flexibility index (Phi) is 7.13. The Balaban J connectivity index is 1.14. The summed E-state index contributed by atoms with van der Waals surface area (Å²) in [5, 5.41) is 4.86. The highest BCUT2D eigenvalue weighted by molar-refractivity contribution is 7.25. The van der Waals surface area contributed by atoms with Crippen molar-refractivity contribution in [2.45, 2.75) is 52.4 Å². The molecule has 2 nitrogen and oxygen atoms in total. The Morgan fingerprint density at radius 3 is 1.93 bits per heavy atom. The van der Waals surface area contributed by atoms with Crippen LogP contribution in [-0.4, -0.2) is 0 Å². The van der Waals surface area contributed by atoms with Crippen LogP contribution in [-0.2, 0) is 10.8 Å². The smallest absolute Gasteiger partial charge is 0.143 e. The highest BCUT2D eigenvalue weighted by atomic mass is 32.1. The monoisotopic (exact) mass is 717 g/mol. The number of fused-ring (bicyclic) bond motifs is 7. The van der Waals surface area contributed by atoms with Crippen molar-refractivity contribution in [3.05, 3.63) is 163 Å². The van der Waals surface area contributed by atoms with Crippen molar-refractivity contribution >= 4 is 70.5 Å². The molecule has 0 N–H and O–H groups in total. The van der Waals surface area contributed by atoms with Crippen LogP contribution in [0.2, 0.25) is 0 Å². The van der Waals surface area contributed by atoms with Gasteiger partial charge in [0.2, 0.25) is 0 Å². The van der Waals surface area contributed by atoms with E-state index in [2.05, 4.69) is 192 Å². The molecule has 3 heteroatoms. The quantitative estimate of drug-likeness (QED) is 0.176. The van der Waals surface area contributed by atoms with Crippen LogP contribution in [0.3, 0.4) is 0 Å². The van der Waals surface area contributed by atoms with Gasteiger partial charge in [-0.3, -0.25) is 0 Å². The molecular weight excluding hydrogens is 675 g/mol. The fourth-order valence-corrected chi connectivity index (χ4v) is 10.3. The maximum absolute atomic E-state index is 6.60. The minimum Gasteiger partial charge on any atom is -0.455 e. The summed E-state index contributed by atoms with van der Waals surface area (Å²) >= 11 is 1.86. The first-order valence-corrected chi connectivity index (χ1v) is 19.8. The number of hydrogen-bond donors (Lipinski definition) is 0. The largest absolute Gasteiger partial charge is 0.455 e. The lowest BCUT2D eigenvalue weighted by Gasteiger charge is -2.44. The first-order chi connectivity index (χ1) is 26.0. The highest BCUT2D eigenvalue weighted by Gasteiger charge is 2.56. The van der Waals surface area contributed by atoms with E-state index >= 15 is 0 Å². The van der Waals surface area contributed by atoms with Gasteiger partial charge in [-0.05, 0) is 81.0 Å². The molecule has 264 valence electrons. The van der Waals surface area contributed by atoms with Crippen molar-refractivity contribution in [2.75, 3.05) is 4.90 Å². The Hall–Kier alpha value is -5.64. The first-order valence-electron chi connectivity index (χ1n) is 19.0. The van der Waals surface area contributed by atoms with E-state index in [0.717, 1.165) is 50.1 Å². The number of rotatable bonds is 5. The van der Waals surface area contributed by atoms with Crippen molar-refractivity contribution in [2.24, 2.45) is 5.41 Å². The second kappa shape index (κ2) is 11.7. The molecule has 0 saturated carbocycles. The predicted molar refractivity (Wildman–Crippen MR) is 232 cm³/mol. The van der Waals surface area contributed by atoms with Crippen LogP contribution in [0.15, 0.2) is 156 Å². The molecule has 1 aliphatic rings. The second-order valence-electron chi connectivity index (χ2n) is 16.6. The number of para-hydroxylation sites is 3. The lowest BCUT2D eigenvalue weighted by molar-refractivity contribution is 0.125. The summed E-state index contributed by atoms with van der Waals surface area (Å²) in [6, 6.07) is 55.6. The third kappa shape index (κ3) is 4.64. The van der Waals surface area contributed by atoms with Gasteiger partial charge in [0.1, 0.15) is 11.2 Å². The first kappa shape index (κ1) is 33.0. The molecule has 0 amide bonds. The molecule has 0 aliphatic heterocycles. The molecule has 7 aromatic carbocycles. The molecule has 0 saturated heterocycles. The van der Waals surface area contributed by atoms with Crippen molar-refractivity contribution in [1.82, 2.24) is 0 Å². The van der Waals surface area contributed by atoms with Gasteiger partial charge < -0.3 is 9.32 Å². The molecule has 9 aromatic rings. The third-order valence-corrected chi connectivity index (χ3v) is 14.5. The second-order valence-corrected chi connectivity index (χ2v) is 17.7. The summed E-state index contributed by atoms with van der Waals surface area (Å²) in [4.78, 5) is 2.42. The molecule has 0 fully saturated rings. The maximum Gasteiger partial charge on any atom is 0.143 e. The molecule has 2 heterocycles. The number of anilines is 3. The minimum absolute atomic E-state index is 0.0518. The summed E-state index contributed by atoms with van der Waals surface area (Å²) in [7, 11) is 0. The fraction of sp³-hybridized carbons (Fsp3) is 0.176. The van der Waals surface area contributed by atoms with E-state index in [9.17, 15) is 0 Å². The molecule has 0 bridgehead atoms. The maximum atomic E-state index is 6.60. The van der Waals surface area contributed by atoms with Gasteiger partial charge in [0.15, 0.2) is 0 Å². The number of benzene rings is 7. The average Bonchev–Trinajstić information content (AvgIpc) is 3.79. The molecule has 54 heavy (non-hydrogen) atoms. The summed E-state index contributed by atoms with van der Waals surface area (Å²) in [6.07, 6.45) is 0. The summed E-state index contributed by atoms with van der Waals surface area (Å²) < 4.78 is 9.18. The molecule has 0 spiro atoms. The molecule has 1 aliphatic carbocycles. The predicted octanol–water partition coefficient (Wildman–Crippen LogP) is 15.4. The fourth-order valence-electron chi connectivity index (χ4n) is 9.18. The summed E-state index contributed by atoms with van der Waals surface area (Å²) in [5.41, 5.74) is 13.0. The lowest BCUT2D eigenvalue weighted by atomic mass is 9.59. The summed E-state index contributed by atoms with van der Waals surface area (Å²) in [5.74, 6) is 0. The van der Waals surface area contributed by atoms with Crippen LogP contribution in [0, 0.1) is 5.41 Å². The molecule has 0 atom stereocenters. The van der Waals surface area contributed by atoms with E-state index in [1.807, 2.05) is 17.4 Å². The Morgan fingerprint density at radius 1 is 0.463 bits per heavy atom. The van der Waals surface area contributed by atoms with Gasteiger partial charge in [-0.15, -0.1) is 11.3 Å². The minimum atomic E-state index is 0.0518. The number of thiophene rings is 1. The molecular formula is C51H43NOS. The van der Waals surface area contributed by atoms with Gasteiger partial charge in [-0.1, -0.05) is 151 Å². The SMILES string of the molecule is CC1(C)c2ccc(-c3ccc(N(c4ccc5c(c4)sc4ccccc45)c4ccccc4-c4cccc5c4oc4ccccc45)cc3)cc2C(C)(C)C1(C)C. The van der Waals surface area contributed by atoms with E-state index in [4.69, 9.17) is 4.42 Å². The van der Waals surface area contributed by atoms with E-state index < -0.39 is 0 Å². The van der Waals surface area contributed by atoms with Crippen LogP contribution < -0.4 is 4.90 Å². The number of furan rings is 1. The average molecular weight is 718 g/mol. The topological polar surface area (TPSA) is 16.4 Å². The Labute approximate surface area is 321 Å². The Morgan fingerprint density at radius 2 is 1.09 bits per heavy atom. The van der Waals surface area contributed by atoms with Gasteiger partial charge in [0, 0.05) is 53.4 Å². The Bertz CT molecular complexity index is 2920. The molecule has 2 aromatic heterocycles. The van der Waals surface area contributed by atoms with E-state index in [1.54, 1.807) is 0 Å². The van der Waals surface area contributed by atoms with Crippen molar-refractivity contribution in [3.63, 3.8) is 0 Å². The van der Waals surface area contributed by atoms with Crippen LogP contribution in [0.25, 0.3) is 64.4 Å². The van der Waals surface area contributed by atoms with Gasteiger partial charge in [-0.2, -0.15) is 0 Å². The highest BCUT2D eigenvalue weighted by Crippen LogP contribution is 2.62. The standard InChI is InChI=1S/C51H43NOS/c1-49(2)42-29-24-33(30-43(42)50(3,4)51(49,5)6)32-22-25-34(26-23-32)52(35-27-28-39-38-16-9-12-21-46(38)54-47(39)31-35)44-19-10-7-14-36(44)40-17-13-18-41-37-15-8-11-20-45(37)53-48(40)41/h7-31H,1-6H3. The van der Waals surface area contributed by atoms with E-state index in [0.29, 0.717) is 0 Å². The van der Waals surface area contributed by atoms with Crippen LogP contribution >= 0.6 is 11.3 Å². The van der Waals surface area contributed by atoms with Gasteiger partial charge in [0.05, 0.1) is 5.69 Å². The lowest BCUT2D eigenvalue weighted by Crippen LogP contribution is -2.42. The van der Waals surface area contributed by atoms with Gasteiger partial charge in [-0.25, -0.2) is 0 Å². The zero-order valence-electron chi connectivity index (χ0n) is 31.7. The number of hydrogen-bond acceptors (Lipinski definition) is 3.